The van der Waals surface area contributed by atoms with Crippen LogP contribution in [-0.4, -0.2) is 16.5 Å². The van der Waals surface area contributed by atoms with Crippen LogP contribution in [0, 0.1) is 6.92 Å². The van der Waals surface area contributed by atoms with Gasteiger partial charge in [-0.25, -0.2) is 9.97 Å². The van der Waals surface area contributed by atoms with Crippen LogP contribution in [0.5, 0.6) is 11.8 Å². The highest BCUT2D eigenvalue weighted by Crippen LogP contribution is 2.28. The van der Waals surface area contributed by atoms with Gasteiger partial charge in [-0.1, -0.05) is 13.0 Å². The minimum absolute atomic E-state index is 0.355. The number of hydrogen-bond acceptors (Lipinski definition) is 4. The Hall–Kier alpha value is -1.46. The standard InChI is InChI=1S/C15H18BrN3O/c1-3-6-17-8-12-9-18-15(19-10-12)20-14-5-4-11(2)7-13(14)16/h4-5,7,9-10,17H,3,6,8H2,1-2H3. The molecule has 106 valence electrons. The van der Waals surface area contributed by atoms with E-state index in [-0.39, 0.29) is 0 Å². The molecule has 0 atom stereocenters. The van der Waals surface area contributed by atoms with Gasteiger partial charge < -0.3 is 10.1 Å². The Kier molecular flexibility index (Phi) is 5.49. The van der Waals surface area contributed by atoms with Crippen molar-refractivity contribution in [2.45, 2.75) is 26.8 Å². The maximum atomic E-state index is 5.66. The molecule has 0 aliphatic heterocycles. The highest BCUT2D eigenvalue weighted by molar-refractivity contribution is 9.10. The lowest BCUT2D eigenvalue weighted by atomic mass is 10.2. The fourth-order valence-electron chi connectivity index (χ4n) is 1.68. The van der Waals surface area contributed by atoms with Gasteiger partial charge in [0.05, 0.1) is 4.47 Å². The molecule has 4 nitrogen and oxygen atoms in total. The fourth-order valence-corrected chi connectivity index (χ4v) is 2.26. The zero-order valence-electron chi connectivity index (χ0n) is 11.7. The summed E-state index contributed by atoms with van der Waals surface area (Å²) in [4.78, 5) is 8.44. The van der Waals surface area contributed by atoms with Crippen LogP contribution in [0.3, 0.4) is 0 Å². The molecule has 0 saturated carbocycles. The Labute approximate surface area is 127 Å². The van der Waals surface area contributed by atoms with Gasteiger partial charge in [0, 0.05) is 24.5 Å². The Morgan fingerprint density at radius 2 is 2.00 bits per heavy atom. The van der Waals surface area contributed by atoms with Gasteiger partial charge in [0.2, 0.25) is 0 Å². The normalized spacial score (nSPS) is 10.6. The van der Waals surface area contributed by atoms with Crippen LogP contribution in [0.25, 0.3) is 0 Å². The van der Waals surface area contributed by atoms with E-state index in [1.807, 2.05) is 25.1 Å². The number of rotatable bonds is 6. The van der Waals surface area contributed by atoms with Gasteiger partial charge in [-0.05, 0) is 53.5 Å². The summed E-state index contributed by atoms with van der Waals surface area (Å²) in [6.07, 6.45) is 4.68. The highest BCUT2D eigenvalue weighted by Gasteiger charge is 2.05. The Balaban J connectivity index is 1.99. The Morgan fingerprint density at radius 3 is 2.65 bits per heavy atom. The van der Waals surface area contributed by atoms with Gasteiger partial charge in [-0.2, -0.15) is 0 Å². The zero-order chi connectivity index (χ0) is 14.4. The first-order valence-corrected chi connectivity index (χ1v) is 7.44. The molecule has 2 rings (SSSR count). The minimum atomic E-state index is 0.355. The predicted molar refractivity (Wildman–Crippen MR) is 83.0 cm³/mol. The van der Waals surface area contributed by atoms with Crippen molar-refractivity contribution >= 4 is 15.9 Å². The third kappa shape index (κ3) is 4.28. The molecule has 0 radical (unpaired) electrons. The molecule has 1 heterocycles. The van der Waals surface area contributed by atoms with Gasteiger partial charge in [-0.3, -0.25) is 0 Å². The molecule has 1 N–H and O–H groups in total. The number of aromatic nitrogens is 2. The first-order valence-electron chi connectivity index (χ1n) is 6.64. The molecular formula is C15H18BrN3O. The van der Waals surface area contributed by atoms with Crippen LogP contribution >= 0.6 is 15.9 Å². The maximum Gasteiger partial charge on any atom is 0.321 e. The van der Waals surface area contributed by atoms with Crippen molar-refractivity contribution in [3.05, 3.63) is 46.2 Å². The van der Waals surface area contributed by atoms with Crippen LogP contribution in [0.1, 0.15) is 24.5 Å². The van der Waals surface area contributed by atoms with Crippen molar-refractivity contribution in [1.29, 1.82) is 0 Å². The molecule has 1 aromatic carbocycles. The lowest BCUT2D eigenvalue weighted by Crippen LogP contribution is -2.14. The summed E-state index contributed by atoms with van der Waals surface area (Å²) in [5.41, 5.74) is 2.22. The van der Waals surface area contributed by atoms with Crippen LogP contribution < -0.4 is 10.1 Å². The van der Waals surface area contributed by atoms with Crippen LogP contribution in [0.2, 0.25) is 0 Å². The van der Waals surface area contributed by atoms with Crippen LogP contribution in [-0.2, 0) is 6.54 Å². The molecule has 5 heteroatoms. The quantitative estimate of drug-likeness (QED) is 0.814. The number of hydrogen-bond donors (Lipinski definition) is 1. The monoisotopic (exact) mass is 335 g/mol. The van der Waals surface area contributed by atoms with Crippen molar-refractivity contribution in [2.75, 3.05) is 6.54 Å². The molecular weight excluding hydrogens is 318 g/mol. The SMILES string of the molecule is CCCNCc1cnc(Oc2ccc(C)cc2Br)nc1. The summed E-state index contributed by atoms with van der Waals surface area (Å²) >= 11 is 3.47. The molecule has 0 aliphatic carbocycles. The molecule has 0 amide bonds. The van der Waals surface area contributed by atoms with Crippen molar-refractivity contribution in [2.24, 2.45) is 0 Å². The van der Waals surface area contributed by atoms with E-state index in [9.17, 15) is 0 Å². The van der Waals surface area contributed by atoms with Gasteiger partial charge in [-0.15, -0.1) is 0 Å². The lowest BCUT2D eigenvalue weighted by molar-refractivity contribution is 0.438. The molecule has 0 unspecified atom stereocenters. The van der Waals surface area contributed by atoms with Gasteiger partial charge in [0.15, 0.2) is 0 Å². The molecule has 0 saturated heterocycles. The van der Waals surface area contributed by atoms with Crippen LogP contribution in [0.4, 0.5) is 0 Å². The molecule has 2 aromatic rings. The number of nitrogens with zero attached hydrogens (tertiary/aromatic N) is 2. The number of aryl methyl sites for hydroxylation is 1. The summed E-state index contributed by atoms with van der Waals surface area (Å²) in [5.74, 6) is 0.715. The highest BCUT2D eigenvalue weighted by atomic mass is 79.9. The van der Waals surface area contributed by atoms with E-state index < -0.39 is 0 Å². The number of benzene rings is 1. The summed E-state index contributed by atoms with van der Waals surface area (Å²) in [6, 6.07) is 6.25. The van der Waals surface area contributed by atoms with E-state index in [0.717, 1.165) is 29.5 Å². The van der Waals surface area contributed by atoms with Crippen molar-refractivity contribution in [3.63, 3.8) is 0 Å². The topological polar surface area (TPSA) is 47.0 Å². The predicted octanol–water partition coefficient (Wildman–Crippen LogP) is 3.84. The van der Waals surface area contributed by atoms with E-state index in [1.54, 1.807) is 12.4 Å². The summed E-state index contributed by atoms with van der Waals surface area (Å²) in [5, 5.41) is 3.31. The van der Waals surface area contributed by atoms with E-state index in [1.165, 1.54) is 5.56 Å². The number of ether oxygens (including phenoxy) is 1. The minimum Gasteiger partial charge on any atom is -0.423 e. The lowest BCUT2D eigenvalue weighted by Gasteiger charge is -2.07. The maximum absolute atomic E-state index is 5.66. The largest absolute Gasteiger partial charge is 0.423 e. The Bertz CT molecular complexity index is 558. The van der Waals surface area contributed by atoms with E-state index >= 15 is 0 Å². The van der Waals surface area contributed by atoms with E-state index in [4.69, 9.17) is 4.74 Å². The van der Waals surface area contributed by atoms with Crippen molar-refractivity contribution < 1.29 is 4.74 Å². The van der Waals surface area contributed by atoms with Crippen molar-refractivity contribution in [3.8, 4) is 11.8 Å². The third-order valence-corrected chi connectivity index (χ3v) is 3.35. The van der Waals surface area contributed by atoms with Crippen molar-refractivity contribution in [1.82, 2.24) is 15.3 Å². The van der Waals surface area contributed by atoms with E-state index in [0.29, 0.717) is 11.8 Å². The second-order valence-electron chi connectivity index (χ2n) is 4.59. The van der Waals surface area contributed by atoms with Crippen LogP contribution in [0.15, 0.2) is 35.1 Å². The number of nitrogens with one attached hydrogen (secondary N) is 1. The summed E-state index contributed by atoms with van der Waals surface area (Å²) in [6.45, 7) is 5.94. The fraction of sp³-hybridized carbons (Fsp3) is 0.333. The zero-order valence-corrected chi connectivity index (χ0v) is 13.3. The summed E-state index contributed by atoms with van der Waals surface area (Å²) < 4.78 is 6.55. The smallest absolute Gasteiger partial charge is 0.321 e. The molecule has 1 aromatic heterocycles. The molecule has 0 bridgehead atoms. The molecule has 0 fully saturated rings. The summed E-state index contributed by atoms with van der Waals surface area (Å²) in [7, 11) is 0. The van der Waals surface area contributed by atoms with Gasteiger partial charge in [0.1, 0.15) is 5.75 Å². The van der Waals surface area contributed by atoms with E-state index in [2.05, 4.69) is 38.1 Å². The molecule has 20 heavy (non-hydrogen) atoms. The average molecular weight is 336 g/mol. The average Bonchev–Trinajstić information content (AvgIpc) is 2.44. The third-order valence-electron chi connectivity index (χ3n) is 2.73. The second kappa shape index (κ2) is 7.36. The molecule has 0 aliphatic rings. The number of halogens is 1. The van der Waals surface area contributed by atoms with Gasteiger partial charge >= 0.3 is 6.01 Å². The van der Waals surface area contributed by atoms with Gasteiger partial charge in [0.25, 0.3) is 0 Å². The first kappa shape index (κ1) is 14.9. The molecule has 0 spiro atoms. The first-order chi connectivity index (χ1) is 9.69. The second-order valence-corrected chi connectivity index (χ2v) is 5.44. The Morgan fingerprint density at radius 1 is 1.25 bits per heavy atom.